The van der Waals surface area contributed by atoms with Crippen LogP contribution in [0.3, 0.4) is 0 Å². The van der Waals surface area contributed by atoms with Gasteiger partial charge in [-0.05, 0) is 77.2 Å². The summed E-state index contributed by atoms with van der Waals surface area (Å²) in [5, 5.41) is 16.9. The van der Waals surface area contributed by atoms with Crippen molar-refractivity contribution in [2.75, 3.05) is 20.3 Å². The van der Waals surface area contributed by atoms with Crippen molar-refractivity contribution in [3.63, 3.8) is 0 Å². The first-order valence-electron chi connectivity index (χ1n) is 19.0. The smallest absolute Gasteiger partial charge is 0.408 e. The summed E-state index contributed by atoms with van der Waals surface area (Å²) in [4.78, 5) is 62.2. The quantitative estimate of drug-likeness (QED) is 0.286. The van der Waals surface area contributed by atoms with Crippen LogP contribution in [0.1, 0.15) is 79.6 Å². The summed E-state index contributed by atoms with van der Waals surface area (Å²) < 4.78 is 44.7. The van der Waals surface area contributed by atoms with Crippen molar-refractivity contribution in [2.45, 2.75) is 114 Å². The zero-order valence-electron chi connectivity index (χ0n) is 32.3. The molecule has 0 bridgehead atoms. The van der Waals surface area contributed by atoms with Gasteiger partial charge in [-0.2, -0.15) is 0 Å². The molecule has 2 aliphatic carbocycles. The lowest BCUT2D eigenvalue weighted by molar-refractivity contribution is -0.142. The average molecular weight is 784 g/mol. The van der Waals surface area contributed by atoms with E-state index in [1.165, 1.54) is 11.1 Å². The average Bonchev–Trinajstić information content (AvgIpc) is 4.02. The number of alkyl carbamates (subject to hydrolysis) is 1. The minimum Gasteiger partial charge on any atom is -0.494 e. The fraction of sp³-hybridized carbons (Fsp3) is 0.615. The number of rotatable bonds is 8. The van der Waals surface area contributed by atoms with E-state index >= 15 is 0 Å². The molecule has 16 heteroatoms. The molecule has 300 valence electrons. The summed E-state index contributed by atoms with van der Waals surface area (Å²) in [6, 6.07) is 5.14. The molecule has 15 nitrogen and oxygen atoms in total. The molecule has 7 atom stereocenters. The molecule has 2 aromatic rings. The summed E-state index contributed by atoms with van der Waals surface area (Å²) in [6.07, 6.45) is 6.31. The van der Waals surface area contributed by atoms with Crippen molar-refractivity contribution in [2.24, 2.45) is 17.8 Å². The molecule has 4 amide bonds. The molecule has 4 aliphatic rings. The van der Waals surface area contributed by atoms with E-state index in [0.717, 1.165) is 11.8 Å². The van der Waals surface area contributed by atoms with Gasteiger partial charge in [0, 0.05) is 23.1 Å². The molecule has 3 heterocycles. The number of methoxy groups -OCH3 is 1. The lowest BCUT2D eigenvalue weighted by atomic mass is 9.88. The van der Waals surface area contributed by atoms with Crippen LogP contribution in [0.15, 0.2) is 42.6 Å². The lowest BCUT2D eigenvalue weighted by Gasteiger charge is -2.33. The predicted octanol–water partition coefficient (Wildman–Crippen LogP) is 3.34. The highest BCUT2D eigenvalue weighted by Crippen LogP contribution is 2.48. The molecule has 4 N–H and O–H groups in total. The van der Waals surface area contributed by atoms with Gasteiger partial charge in [0.05, 0.1) is 26.5 Å². The number of hydrogen-bond acceptors (Lipinski definition) is 11. The third-order valence-electron chi connectivity index (χ3n) is 11.2. The first-order valence-corrected chi connectivity index (χ1v) is 20.5. The minimum atomic E-state index is -4.26. The van der Waals surface area contributed by atoms with E-state index in [1.54, 1.807) is 27.9 Å². The number of aliphatic hydroxyl groups excluding tert-OH is 1. The molecule has 3 fully saturated rings. The fourth-order valence-corrected chi connectivity index (χ4v) is 9.23. The third kappa shape index (κ3) is 8.39. The van der Waals surface area contributed by atoms with Crippen LogP contribution >= 0.6 is 0 Å². The number of nitrogens with one attached hydrogen (secondary N) is 3. The Morgan fingerprint density at radius 3 is 2.47 bits per heavy atom. The second-order valence-corrected chi connectivity index (χ2v) is 18.7. The number of nitrogens with zero attached hydrogens (tertiary/aromatic N) is 2. The number of amides is 4. The van der Waals surface area contributed by atoms with Crippen molar-refractivity contribution < 1.29 is 46.9 Å². The Morgan fingerprint density at radius 2 is 1.82 bits per heavy atom. The normalized spacial score (nSPS) is 29.5. The summed E-state index contributed by atoms with van der Waals surface area (Å²) in [5.74, 6) is -2.03. The number of sulfonamides is 1. The van der Waals surface area contributed by atoms with Crippen LogP contribution in [-0.2, 0) is 29.1 Å². The molecule has 0 spiro atoms. The van der Waals surface area contributed by atoms with Gasteiger partial charge in [0.15, 0.2) is 0 Å². The SMILES string of the molecule is COc1cnc(OC2CC3C(=O)NC4(C(=O)NS(=O)(=O)C5(CO)CC5)CC4C=CCCC(C)CC(C)C(NC(=O)OC(C)(C)C)C(=O)N3C2)c2ccccc12. The molecule has 1 saturated heterocycles. The lowest BCUT2D eigenvalue weighted by Crippen LogP contribution is -2.59. The second-order valence-electron chi connectivity index (χ2n) is 16.7. The molecule has 55 heavy (non-hydrogen) atoms. The Morgan fingerprint density at radius 1 is 1.11 bits per heavy atom. The molecule has 7 unspecified atom stereocenters. The highest BCUT2D eigenvalue weighted by atomic mass is 32.2. The number of aromatic nitrogens is 1. The van der Waals surface area contributed by atoms with Crippen LogP contribution in [0.4, 0.5) is 4.79 Å². The number of pyridine rings is 1. The molecule has 2 saturated carbocycles. The van der Waals surface area contributed by atoms with Crippen LogP contribution in [0, 0.1) is 17.8 Å². The maximum Gasteiger partial charge on any atom is 0.408 e. The van der Waals surface area contributed by atoms with Crippen LogP contribution < -0.4 is 24.8 Å². The number of hydrogen-bond donors (Lipinski definition) is 4. The summed E-state index contributed by atoms with van der Waals surface area (Å²) >= 11 is 0. The first-order chi connectivity index (χ1) is 25.9. The van der Waals surface area contributed by atoms with E-state index in [4.69, 9.17) is 14.2 Å². The van der Waals surface area contributed by atoms with E-state index in [0.29, 0.717) is 24.0 Å². The van der Waals surface area contributed by atoms with Crippen molar-refractivity contribution >= 4 is 44.6 Å². The van der Waals surface area contributed by atoms with Crippen molar-refractivity contribution in [3.8, 4) is 11.6 Å². The topological polar surface area (TPSA) is 203 Å². The molecular weight excluding hydrogens is 731 g/mol. The maximum absolute atomic E-state index is 14.8. The molecule has 1 aromatic heterocycles. The minimum absolute atomic E-state index is 0.00762. The van der Waals surface area contributed by atoms with Crippen molar-refractivity contribution in [1.29, 1.82) is 0 Å². The number of allylic oxidation sites excluding steroid dienone is 1. The molecule has 0 radical (unpaired) electrons. The zero-order valence-corrected chi connectivity index (χ0v) is 33.1. The van der Waals surface area contributed by atoms with Gasteiger partial charge in [-0.3, -0.25) is 19.1 Å². The van der Waals surface area contributed by atoms with Gasteiger partial charge in [0.2, 0.25) is 27.7 Å². The zero-order chi connectivity index (χ0) is 39.9. The molecule has 6 rings (SSSR count). The van der Waals surface area contributed by atoms with E-state index in [-0.39, 0.29) is 49.9 Å². The number of aliphatic hydroxyl groups is 1. The van der Waals surface area contributed by atoms with Crippen molar-refractivity contribution in [3.05, 3.63) is 42.6 Å². The molecule has 2 aliphatic heterocycles. The molecular formula is C39H53N5O10S. The van der Waals surface area contributed by atoms with Crippen molar-refractivity contribution in [1.82, 2.24) is 25.2 Å². The largest absolute Gasteiger partial charge is 0.494 e. The van der Waals surface area contributed by atoms with E-state index < -0.39 is 80.4 Å². The van der Waals surface area contributed by atoms with Gasteiger partial charge in [-0.15, -0.1) is 0 Å². The van der Waals surface area contributed by atoms with E-state index in [1.807, 2.05) is 43.3 Å². The van der Waals surface area contributed by atoms with Crippen LogP contribution in [0.25, 0.3) is 10.8 Å². The first kappa shape index (κ1) is 40.2. The maximum atomic E-state index is 14.8. The number of fused-ring (bicyclic) bond motifs is 3. The predicted molar refractivity (Wildman–Crippen MR) is 202 cm³/mol. The van der Waals surface area contributed by atoms with E-state index in [9.17, 15) is 32.7 Å². The Kier molecular flexibility index (Phi) is 11.1. The van der Waals surface area contributed by atoms with Gasteiger partial charge in [-0.25, -0.2) is 18.2 Å². The van der Waals surface area contributed by atoms with Gasteiger partial charge in [0.25, 0.3) is 5.91 Å². The van der Waals surface area contributed by atoms with Crippen LogP contribution in [0.5, 0.6) is 11.6 Å². The third-order valence-corrected chi connectivity index (χ3v) is 13.3. The Hall–Kier alpha value is -4.44. The second kappa shape index (κ2) is 15.2. The van der Waals surface area contributed by atoms with Gasteiger partial charge in [-0.1, -0.05) is 44.2 Å². The highest BCUT2D eigenvalue weighted by Gasteiger charge is 2.64. The number of benzene rings is 1. The highest BCUT2D eigenvalue weighted by molar-refractivity contribution is 7.91. The summed E-state index contributed by atoms with van der Waals surface area (Å²) in [5.41, 5.74) is -2.45. The number of carbonyl (C=O) groups excluding carboxylic acids is 4. The van der Waals surface area contributed by atoms with Crippen LogP contribution in [0.2, 0.25) is 0 Å². The monoisotopic (exact) mass is 783 g/mol. The Balaban J connectivity index is 1.35. The van der Waals surface area contributed by atoms with Gasteiger partial charge >= 0.3 is 6.09 Å². The van der Waals surface area contributed by atoms with Gasteiger partial charge < -0.3 is 34.9 Å². The fourth-order valence-electron chi connectivity index (χ4n) is 7.78. The Labute approximate surface area is 322 Å². The Bertz CT molecular complexity index is 1960. The standard InChI is InChI=1S/C39H53N5O10S/c1-23-11-7-8-12-25-19-39(25,35(48)43-55(50,51)38(22-45)15-16-38)42-32(46)29-18-26(53-33-28-14-10-9-13-27(28)30(52-6)20-40-33)21-44(29)34(47)31(24(2)17-23)41-36(49)54-37(3,4)5/h8-10,12-14,20,23-26,29,31,45H,7,11,15-19,21-22H2,1-6H3,(H,41,49)(H,42,46)(H,43,48). The summed E-state index contributed by atoms with van der Waals surface area (Å²) in [7, 11) is -2.72. The molecule has 1 aromatic carbocycles. The van der Waals surface area contributed by atoms with Crippen LogP contribution in [-0.4, -0.2) is 102 Å². The number of ether oxygens (including phenoxy) is 3. The number of carbonyl (C=O) groups is 4. The summed E-state index contributed by atoms with van der Waals surface area (Å²) in [6.45, 7) is 8.42. The van der Waals surface area contributed by atoms with E-state index in [2.05, 4.69) is 27.3 Å². The van der Waals surface area contributed by atoms with Gasteiger partial charge in [0.1, 0.15) is 39.8 Å².